The molecule has 7 heteroatoms. The van der Waals surface area contributed by atoms with Gasteiger partial charge in [-0.2, -0.15) is 5.26 Å². The Labute approximate surface area is 139 Å². The molecule has 1 aromatic heterocycles. The van der Waals surface area contributed by atoms with Crippen molar-refractivity contribution in [1.82, 2.24) is 9.97 Å². The molecule has 0 unspecified atom stereocenters. The fourth-order valence-corrected chi connectivity index (χ4v) is 1.94. The molecule has 0 saturated heterocycles. The van der Waals surface area contributed by atoms with Crippen molar-refractivity contribution in [3.05, 3.63) is 54.1 Å². The van der Waals surface area contributed by atoms with E-state index < -0.39 is 18.5 Å². The van der Waals surface area contributed by atoms with Gasteiger partial charge in [0, 0.05) is 18.4 Å². The van der Waals surface area contributed by atoms with E-state index in [1.54, 1.807) is 31.2 Å². The number of nitrogens with zero attached hydrogens (tertiary/aromatic N) is 4. The maximum atomic E-state index is 12.3. The summed E-state index contributed by atoms with van der Waals surface area (Å²) >= 11 is 0. The smallest absolute Gasteiger partial charge is 0.359 e. The number of para-hydroxylation sites is 1. The lowest BCUT2D eigenvalue weighted by molar-refractivity contribution is -0.121. The minimum atomic E-state index is -0.718. The highest BCUT2D eigenvalue weighted by molar-refractivity contribution is 5.96. The van der Waals surface area contributed by atoms with Crippen LogP contribution >= 0.6 is 0 Å². The van der Waals surface area contributed by atoms with Crippen molar-refractivity contribution in [3.8, 4) is 6.07 Å². The number of hydrogen-bond donors (Lipinski definition) is 0. The zero-order valence-electron chi connectivity index (χ0n) is 13.2. The van der Waals surface area contributed by atoms with Gasteiger partial charge in [0.05, 0.1) is 24.4 Å². The monoisotopic (exact) mass is 324 g/mol. The van der Waals surface area contributed by atoms with Crippen molar-refractivity contribution < 1.29 is 14.3 Å². The number of aromatic nitrogens is 2. The number of ether oxygens (including phenoxy) is 1. The van der Waals surface area contributed by atoms with Gasteiger partial charge in [-0.05, 0) is 19.1 Å². The summed E-state index contributed by atoms with van der Waals surface area (Å²) in [6, 6.07) is 10.9. The van der Waals surface area contributed by atoms with Crippen molar-refractivity contribution >= 4 is 17.6 Å². The average Bonchev–Trinajstić information content (AvgIpc) is 2.61. The number of rotatable bonds is 6. The van der Waals surface area contributed by atoms with Gasteiger partial charge in [-0.1, -0.05) is 18.2 Å². The summed E-state index contributed by atoms with van der Waals surface area (Å²) in [5.74, 6) is -1.13. The first-order valence-corrected chi connectivity index (χ1v) is 7.30. The van der Waals surface area contributed by atoms with E-state index in [1.807, 2.05) is 12.1 Å². The summed E-state index contributed by atoms with van der Waals surface area (Å²) in [5.41, 5.74) is 1.36. The molecule has 7 nitrogen and oxygen atoms in total. The van der Waals surface area contributed by atoms with Crippen LogP contribution in [0.5, 0.6) is 0 Å². The Bertz CT molecular complexity index is 739. The molecule has 0 fully saturated rings. The number of esters is 1. The average molecular weight is 324 g/mol. The Kier molecular flexibility index (Phi) is 5.97. The summed E-state index contributed by atoms with van der Waals surface area (Å²) < 4.78 is 5.00. The van der Waals surface area contributed by atoms with Crippen LogP contribution in [0.25, 0.3) is 0 Å². The summed E-state index contributed by atoms with van der Waals surface area (Å²) in [6.45, 7) is 1.54. The second-order valence-electron chi connectivity index (χ2n) is 4.91. The van der Waals surface area contributed by atoms with Crippen LogP contribution in [-0.4, -0.2) is 35.0 Å². The van der Waals surface area contributed by atoms with E-state index in [0.29, 0.717) is 11.4 Å². The van der Waals surface area contributed by atoms with E-state index in [1.165, 1.54) is 17.3 Å². The van der Waals surface area contributed by atoms with Crippen molar-refractivity contribution in [1.29, 1.82) is 5.26 Å². The van der Waals surface area contributed by atoms with Gasteiger partial charge >= 0.3 is 5.97 Å². The molecule has 0 atom stereocenters. The first-order valence-electron chi connectivity index (χ1n) is 7.30. The number of anilines is 1. The molecule has 122 valence electrons. The van der Waals surface area contributed by atoms with Crippen LogP contribution in [-0.2, 0) is 9.53 Å². The summed E-state index contributed by atoms with van der Waals surface area (Å²) in [5, 5.41) is 8.74. The third-order valence-corrected chi connectivity index (χ3v) is 3.13. The number of carbonyl (C=O) groups excluding carboxylic acids is 2. The molecule has 0 bridgehead atoms. The van der Waals surface area contributed by atoms with Gasteiger partial charge in [0.15, 0.2) is 12.3 Å². The Morgan fingerprint density at radius 1 is 1.21 bits per heavy atom. The summed E-state index contributed by atoms with van der Waals surface area (Å²) in [6.07, 6.45) is 2.92. The summed E-state index contributed by atoms with van der Waals surface area (Å²) in [7, 11) is 0. The first-order chi connectivity index (χ1) is 11.6. The van der Waals surface area contributed by atoms with E-state index in [2.05, 4.69) is 9.97 Å². The lowest BCUT2D eigenvalue weighted by Gasteiger charge is -2.21. The predicted molar refractivity (Wildman–Crippen MR) is 86.1 cm³/mol. The number of benzene rings is 1. The molecule has 1 heterocycles. The van der Waals surface area contributed by atoms with Crippen LogP contribution in [0.4, 0.5) is 5.69 Å². The largest absolute Gasteiger partial charge is 0.451 e. The van der Waals surface area contributed by atoms with Gasteiger partial charge in [-0.25, -0.2) is 9.78 Å². The summed E-state index contributed by atoms with van der Waals surface area (Å²) in [4.78, 5) is 33.5. The minimum Gasteiger partial charge on any atom is -0.451 e. The van der Waals surface area contributed by atoms with Crippen LogP contribution < -0.4 is 4.90 Å². The van der Waals surface area contributed by atoms with E-state index >= 15 is 0 Å². The third kappa shape index (κ3) is 4.61. The van der Waals surface area contributed by atoms with Crippen LogP contribution in [0.15, 0.2) is 42.7 Å². The molecule has 1 amide bonds. The van der Waals surface area contributed by atoms with Crippen molar-refractivity contribution in [2.45, 2.75) is 13.3 Å². The second-order valence-corrected chi connectivity index (χ2v) is 4.91. The van der Waals surface area contributed by atoms with Crippen LogP contribution in [0, 0.1) is 18.3 Å². The fourth-order valence-electron chi connectivity index (χ4n) is 1.94. The van der Waals surface area contributed by atoms with Crippen LogP contribution in [0.1, 0.15) is 22.6 Å². The Morgan fingerprint density at radius 2 is 1.96 bits per heavy atom. The van der Waals surface area contributed by atoms with E-state index in [9.17, 15) is 9.59 Å². The molecule has 0 aliphatic carbocycles. The lowest BCUT2D eigenvalue weighted by atomic mass is 10.2. The molecule has 0 saturated carbocycles. The molecular weight excluding hydrogens is 308 g/mol. The maximum Gasteiger partial charge on any atom is 0.359 e. The van der Waals surface area contributed by atoms with Gasteiger partial charge < -0.3 is 9.64 Å². The number of nitriles is 1. The van der Waals surface area contributed by atoms with Crippen molar-refractivity contribution in [2.24, 2.45) is 0 Å². The van der Waals surface area contributed by atoms with E-state index in [0.717, 1.165) is 0 Å². The number of amides is 1. The van der Waals surface area contributed by atoms with Crippen molar-refractivity contribution in [3.63, 3.8) is 0 Å². The Balaban J connectivity index is 2.01. The number of carbonyl (C=O) groups is 2. The highest BCUT2D eigenvalue weighted by Gasteiger charge is 2.18. The topological polar surface area (TPSA) is 96.2 Å². The highest BCUT2D eigenvalue weighted by Crippen LogP contribution is 2.14. The quantitative estimate of drug-likeness (QED) is 0.753. The lowest BCUT2D eigenvalue weighted by Crippen LogP contribution is -2.35. The SMILES string of the molecule is Cc1cnc(C(=O)OCC(=O)N(CCC#N)c2ccccc2)cn1. The zero-order valence-corrected chi connectivity index (χ0v) is 13.2. The molecule has 1 aromatic carbocycles. The van der Waals surface area contributed by atoms with Gasteiger partial charge in [0.25, 0.3) is 5.91 Å². The first kappa shape index (κ1) is 17.1. The van der Waals surface area contributed by atoms with Gasteiger partial charge in [-0.15, -0.1) is 0 Å². The van der Waals surface area contributed by atoms with Crippen molar-refractivity contribution in [2.75, 3.05) is 18.1 Å². The molecule has 0 aliphatic heterocycles. The molecule has 0 aliphatic rings. The number of hydrogen-bond acceptors (Lipinski definition) is 6. The zero-order chi connectivity index (χ0) is 17.4. The van der Waals surface area contributed by atoms with Gasteiger partial charge in [0.2, 0.25) is 0 Å². The van der Waals surface area contributed by atoms with E-state index in [4.69, 9.17) is 10.00 Å². The molecular formula is C17H16N4O3. The van der Waals surface area contributed by atoms with Crippen LogP contribution in [0.3, 0.4) is 0 Å². The normalized spacial score (nSPS) is 9.83. The second kappa shape index (κ2) is 8.39. The number of aryl methyl sites for hydroxylation is 1. The van der Waals surface area contributed by atoms with Crippen LogP contribution in [0.2, 0.25) is 0 Å². The molecule has 24 heavy (non-hydrogen) atoms. The Morgan fingerprint density at radius 3 is 2.58 bits per heavy atom. The Hall–Kier alpha value is -3.27. The molecule has 2 rings (SSSR count). The standard InChI is InChI=1S/C17H16N4O3/c1-13-10-20-15(11-19-13)17(23)24-12-16(22)21(9-5-8-18)14-6-3-2-4-7-14/h2-4,6-7,10-11H,5,9,12H2,1H3. The molecule has 0 N–H and O–H groups in total. The van der Waals surface area contributed by atoms with E-state index in [-0.39, 0.29) is 18.7 Å². The minimum absolute atomic E-state index is 0.0386. The fraction of sp³-hybridized carbons (Fsp3) is 0.235. The maximum absolute atomic E-state index is 12.3. The highest BCUT2D eigenvalue weighted by atomic mass is 16.5. The van der Waals surface area contributed by atoms with Gasteiger partial charge in [0.1, 0.15) is 0 Å². The molecule has 2 aromatic rings. The third-order valence-electron chi connectivity index (χ3n) is 3.13. The predicted octanol–water partition coefficient (Wildman–Crippen LogP) is 1.89. The molecule has 0 spiro atoms. The molecule has 0 radical (unpaired) electrons. The van der Waals surface area contributed by atoms with Gasteiger partial charge in [-0.3, -0.25) is 9.78 Å².